The Morgan fingerprint density at radius 2 is 1.70 bits per heavy atom. The first kappa shape index (κ1) is 25.6. The summed E-state index contributed by atoms with van der Waals surface area (Å²) < 4.78 is 67.4. The van der Waals surface area contributed by atoms with Crippen molar-refractivity contribution in [3.05, 3.63) is 71.6 Å². The van der Waals surface area contributed by atoms with E-state index in [4.69, 9.17) is 4.74 Å². The lowest BCUT2D eigenvalue weighted by atomic mass is 9.30. The van der Waals surface area contributed by atoms with Crippen LogP contribution in [-0.2, 0) is 17.6 Å². The predicted octanol–water partition coefficient (Wildman–Crippen LogP) is 4.14. The van der Waals surface area contributed by atoms with Gasteiger partial charge < -0.3 is 14.9 Å². The number of tetrazole rings is 1. The molecule has 7 nitrogen and oxygen atoms in total. The summed E-state index contributed by atoms with van der Waals surface area (Å²) in [4.78, 5) is 0. The largest absolute Gasteiger partial charge is 0.493 e. The topological polar surface area (TPSA) is 93.3 Å². The highest BCUT2D eigenvalue weighted by atomic mass is 19.3. The van der Waals surface area contributed by atoms with E-state index in [1.165, 1.54) is 0 Å². The number of hydrogen-bond donors (Lipinski definition) is 2. The van der Waals surface area contributed by atoms with Crippen molar-refractivity contribution in [3.63, 3.8) is 0 Å². The number of benzene rings is 2. The Balaban J connectivity index is 1.36. The average Bonchev–Trinajstić information content (AvgIpc) is 3.24. The van der Waals surface area contributed by atoms with Gasteiger partial charge in [-0.2, -0.15) is 0 Å². The maximum atomic E-state index is 16.3. The van der Waals surface area contributed by atoms with Crippen molar-refractivity contribution in [2.24, 2.45) is 5.41 Å². The Kier molecular flexibility index (Phi) is 5.87. The monoisotopic (exact) mass is 520 g/mol. The first-order chi connectivity index (χ1) is 17.3. The first-order valence-electron chi connectivity index (χ1n) is 12.0. The molecule has 1 aromatic heterocycles. The standard InChI is InChI=1S/C26H28F4N4O3/c1-22(2,35)9-10-37-19-6-3-17(4-7-19)23-12-24(13-23,14-23)26(29,30)25(36,15-34-16-31-32-33-34)20-8-5-18(27)11-21(20)28/h3-8,11,16,35-36H,9-10,12-15H2,1-2H3. The number of alkyl halides is 2. The quantitative estimate of drug-likeness (QED) is 0.391. The Morgan fingerprint density at radius 3 is 2.27 bits per heavy atom. The number of aromatic nitrogens is 4. The maximum Gasteiger partial charge on any atom is 0.287 e. The number of ether oxygens (including phenoxy) is 1. The molecule has 2 N–H and O–H groups in total. The maximum absolute atomic E-state index is 16.3. The van der Waals surface area contributed by atoms with Gasteiger partial charge in [0.15, 0.2) is 5.60 Å². The van der Waals surface area contributed by atoms with Crippen LogP contribution < -0.4 is 4.74 Å². The van der Waals surface area contributed by atoms with Crippen molar-refractivity contribution in [2.45, 2.75) is 68.6 Å². The minimum atomic E-state index is -3.77. The van der Waals surface area contributed by atoms with Crippen LogP contribution in [0.4, 0.5) is 17.6 Å². The third-order valence-electron chi connectivity index (χ3n) is 7.82. The van der Waals surface area contributed by atoms with E-state index < -0.39 is 51.7 Å². The van der Waals surface area contributed by atoms with Crippen molar-refractivity contribution >= 4 is 0 Å². The Morgan fingerprint density at radius 1 is 1.03 bits per heavy atom. The molecule has 0 amide bonds. The molecular weight excluding hydrogens is 492 g/mol. The highest BCUT2D eigenvalue weighted by Gasteiger charge is 2.82. The minimum Gasteiger partial charge on any atom is -0.493 e. The fraction of sp³-hybridized carbons (Fsp3) is 0.500. The predicted molar refractivity (Wildman–Crippen MR) is 124 cm³/mol. The molecule has 6 rings (SSSR count). The lowest BCUT2D eigenvalue weighted by molar-refractivity contribution is -0.347. The van der Waals surface area contributed by atoms with Gasteiger partial charge in [0, 0.05) is 23.5 Å². The Labute approximate surface area is 211 Å². The molecule has 1 unspecified atom stereocenters. The summed E-state index contributed by atoms with van der Waals surface area (Å²) in [6, 6.07) is 9.39. The summed E-state index contributed by atoms with van der Waals surface area (Å²) in [6.45, 7) is 2.93. The fourth-order valence-corrected chi connectivity index (χ4v) is 5.85. The van der Waals surface area contributed by atoms with Gasteiger partial charge in [-0.05, 0) is 78.8 Å². The number of aliphatic hydroxyl groups is 2. The molecule has 0 spiro atoms. The van der Waals surface area contributed by atoms with Crippen LogP contribution in [0.3, 0.4) is 0 Å². The normalized spacial score (nSPS) is 24.6. The zero-order valence-electron chi connectivity index (χ0n) is 20.5. The smallest absolute Gasteiger partial charge is 0.287 e. The molecule has 1 atom stereocenters. The van der Waals surface area contributed by atoms with E-state index in [-0.39, 0.29) is 19.3 Å². The summed E-state index contributed by atoms with van der Waals surface area (Å²) >= 11 is 0. The first-order valence-corrected chi connectivity index (χ1v) is 12.0. The second kappa shape index (κ2) is 8.49. The molecule has 3 aliphatic carbocycles. The van der Waals surface area contributed by atoms with Crippen LogP contribution in [-0.4, -0.2) is 48.6 Å². The SMILES string of the molecule is CC(C)(O)CCOc1ccc(C23CC(C(F)(F)C(O)(Cn4cnnn4)c4ccc(F)cc4F)(C2)C3)cc1. The van der Waals surface area contributed by atoms with E-state index in [9.17, 15) is 19.0 Å². The molecule has 11 heteroatoms. The van der Waals surface area contributed by atoms with Gasteiger partial charge in [0.05, 0.1) is 18.8 Å². The van der Waals surface area contributed by atoms with Gasteiger partial charge in [-0.15, -0.1) is 5.10 Å². The molecule has 1 heterocycles. The lowest BCUT2D eigenvalue weighted by Gasteiger charge is -2.74. The summed E-state index contributed by atoms with van der Waals surface area (Å²) in [6.07, 6.45) is 1.82. The summed E-state index contributed by atoms with van der Waals surface area (Å²) in [5, 5.41) is 31.6. The van der Waals surface area contributed by atoms with Crippen LogP contribution in [0.2, 0.25) is 0 Å². The van der Waals surface area contributed by atoms with Crippen LogP contribution in [0.25, 0.3) is 0 Å². The molecule has 3 aliphatic rings. The van der Waals surface area contributed by atoms with Crippen LogP contribution in [0, 0.1) is 17.0 Å². The van der Waals surface area contributed by atoms with Gasteiger partial charge >= 0.3 is 0 Å². The lowest BCUT2D eigenvalue weighted by Crippen LogP contribution is -2.76. The highest BCUT2D eigenvalue weighted by molar-refractivity contribution is 5.44. The molecule has 2 bridgehead atoms. The van der Waals surface area contributed by atoms with Crippen molar-refractivity contribution in [1.29, 1.82) is 0 Å². The molecule has 3 aromatic rings. The third-order valence-corrected chi connectivity index (χ3v) is 7.82. The molecule has 37 heavy (non-hydrogen) atoms. The molecule has 198 valence electrons. The van der Waals surface area contributed by atoms with Crippen molar-refractivity contribution in [1.82, 2.24) is 20.2 Å². The van der Waals surface area contributed by atoms with E-state index >= 15 is 8.78 Å². The minimum absolute atomic E-state index is 0.104. The number of halogens is 4. The second-order valence-electron chi connectivity index (χ2n) is 11.1. The summed E-state index contributed by atoms with van der Waals surface area (Å²) in [5.74, 6) is -5.36. The van der Waals surface area contributed by atoms with Crippen molar-refractivity contribution < 1.29 is 32.5 Å². The summed E-state index contributed by atoms with van der Waals surface area (Å²) in [5.41, 5.74) is -5.69. The van der Waals surface area contributed by atoms with Gasteiger partial charge in [0.25, 0.3) is 5.92 Å². The van der Waals surface area contributed by atoms with Crippen molar-refractivity contribution in [2.75, 3.05) is 6.61 Å². The molecule has 2 aromatic carbocycles. The van der Waals surface area contributed by atoms with Gasteiger partial charge in [-0.25, -0.2) is 22.2 Å². The van der Waals surface area contributed by atoms with E-state index in [0.717, 1.165) is 28.7 Å². The molecule has 0 saturated heterocycles. The Bertz CT molecular complexity index is 1260. The molecule has 0 aliphatic heterocycles. The Hall–Kier alpha value is -3.05. The van der Waals surface area contributed by atoms with Gasteiger partial charge in [0.2, 0.25) is 0 Å². The van der Waals surface area contributed by atoms with E-state index in [2.05, 4.69) is 15.5 Å². The van der Waals surface area contributed by atoms with Crippen LogP contribution in [0.5, 0.6) is 5.75 Å². The molecule has 0 radical (unpaired) electrons. The van der Waals surface area contributed by atoms with Crippen LogP contribution in [0.15, 0.2) is 48.8 Å². The van der Waals surface area contributed by atoms with Crippen LogP contribution >= 0.6 is 0 Å². The van der Waals surface area contributed by atoms with Gasteiger partial charge in [-0.3, -0.25) is 0 Å². The number of rotatable bonds is 10. The fourth-order valence-electron chi connectivity index (χ4n) is 5.85. The number of nitrogens with zero attached hydrogens (tertiary/aromatic N) is 4. The highest BCUT2D eigenvalue weighted by Crippen LogP contribution is 2.80. The van der Waals surface area contributed by atoms with Crippen molar-refractivity contribution in [3.8, 4) is 5.75 Å². The zero-order valence-corrected chi connectivity index (χ0v) is 20.5. The van der Waals surface area contributed by atoms with Gasteiger partial charge in [0.1, 0.15) is 23.7 Å². The molecule has 3 fully saturated rings. The third kappa shape index (κ3) is 4.17. The van der Waals surface area contributed by atoms with Gasteiger partial charge in [-0.1, -0.05) is 12.1 Å². The number of hydrogen-bond acceptors (Lipinski definition) is 6. The van der Waals surface area contributed by atoms with E-state index in [0.29, 0.717) is 24.8 Å². The molecular formula is C26H28F4N4O3. The second-order valence-corrected chi connectivity index (χ2v) is 11.1. The average molecular weight is 521 g/mol. The van der Waals surface area contributed by atoms with E-state index in [1.54, 1.807) is 26.0 Å². The summed E-state index contributed by atoms with van der Waals surface area (Å²) in [7, 11) is 0. The zero-order chi connectivity index (χ0) is 26.7. The molecule has 3 saturated carbocycles. The van der Waals surface area contributed by atoms with Crippen LogP contribution in [0.1, 0.15) is 50.7 Å². The van der Waals surface area contributed by atoms with E-state index in [1.807, 2.05) is 12.1 Å².